The van der Waals surface area contributed by atoms with E-state index in [1.807, 2.05) is 0 Å². The minimum absolute atomic E-state index is 0.0186. The fourth-order valence-corrected chi connectivity index (χ4v) is 7.35. The van der Waals surface area contributed by atoms with Crippen LogP contribution in [0.25, 0.3) is 0 Å². The van der Waals surface area contributed by atoms with Gasteiger partial charge in [-0.05, 0) is 49.9 Å². The van der Waals surface area contributed by atoms with Gasteiger partial charge in [0.25, 0.3) is 0 Å². The fraction of sp³-hybridized carbons (Fsp3) is 0.455. The smallest absolute Gasteiger partial charge is 0.417 e. The highest BCUT2D eigenvalue weighted by atomic mass is 32.2. The summed E-state index contributed by atoms with van der Waals surface area (Å²) in [6.07, 6.45) is -3.46. The fourth-order valence-electron chi connectivity index (χ4n) is 4.89. The lowest BCUT2D eigenvalue weighted by Crippen LogP contribution is -2.65. The number of sulfonamides is 1. The first kappa shape index (κ1) is 23.5. The van der Waals surface area contributed by atoms with Gasteiger partial charge in [-0.2, -0.15) is 17.5 Å². The molecule has 1 aliphatic heterocycles. The van der Waals surface area contributed by atoms with Crippen LogP contribution in [0, 0.1) is 0 Å². The van der Waals surface area contributed by atoms with E-state index in [1.54, 1.807) is 43.0 Å². The van der Waals surface area contributed by atoms with Crippen LogP contribution >= 0.6 is 0 Å². The summed E-state index contributed by atoms with van der Waals surface area (Å²) in [5, 5.41) is 10.2. The Balaban J connectivity index is 1.65. The third-order valence-electron chi connectivity index (χ3n) is 6.50. The minimum Gasteiger partial charge on any atom is -0.480 e. The van der Waals surface area contributed by atoms with Crippen molar-refractivity contribution in [3.8, 4) is 0 Å². The molecule has 1 unspecified atom stereocenters. The SMILES string of the molecule is CC1(C)CN(c2ccc(C(F)(F)F)cn2)CCN1S(=O)(=O)C1(C(=O)O)CCc2ccccc21. The number of anilines is 1. The number of fused-ring (bicyclic) bond motifs is 1. The Morgan fingerprint density at radius 3 is 2.39 bits per heavy atom. The Morgan fingerprint density at radius 1 is 1.12 bits per heavy atom. The molecule has 1 N–H and O–H groups in total. The highest BCUT2D eigenvalue weighted by Gasteiger charge is 2.60. The zero-order chi connectivity index (χ0) is 24.2. The van der Waals surface area contributed by atoms with Gasteiger partial charge in [-0.1, -0.05) is 24.3 Å². The molecular weight excluding hydrogens is 459 g/mol. The van der Waals surface area contributed by atoms with Crippen molar-refractivity contribution in [2.24, 2.45) is 0 Å². The molecule has 0 saturated carbocycles. The van der Waals surface area contributed by atoms with Crippen LogP contribution in [0.15, 0.2) is 42.6 Å². The van der Waals surface area contributed by atoms with Gasteiger partial charge in [0, 0.05) is 31.4 Å². The van der Waals surface area contributed by atoms with Crippen molar-refractivity contribution in [3.63, 3.8) is 0 Å². The predicted molar refractivity (Wildman–Crippen MR) is 115 cm³/mol. The number of aromatic nitrogens is 1. The van der Waals surface area contributed by atoms with Gasteiger partial charge in [0.05, 0.1) is 5.56 Å². The molecule has 2 aromatic rings. The van der Waals surface area contributed by atoms with Gasteiger partial charge in [0.15, 0.2) is 0 Å². The number of benzene rings is 1. The molecule has 1 aliphatic carbocycles. The molecule has 0 amide bonds. The molecule has 0 radical (unpaired) electrons. The molecule has 178 valence electrons. The lowest BCUT2D eigenvalue weighted by molar-refractivity contribution is -0.140. The Labute approximate surface area is 189 Å². The Bertz CT molecular complexity index is 1180. The maximum atomic E-state index is 13.9. The highest BCUT2D eigenvalue weighted by molar-refractivity contribution is 7.91. The number of pyridine rings is 1. The first-order chi connectivity index (χ1) is 15.3. The van der Waals surface area contributed by atoms with E-state index in [4.69, 9.17) is 0 Å². The van der Waals surface area contributed by atoms with Crippen molar-refractivity contribution in [1.82, 2.24) is 9.29 Å². The second-order valence-corrected chi connectivity index (χ2v) is 11.1. The molecule has 1 fully saturated rings. The third-order valence-corrected chi connectivity index (χ3v) is 9.24. The first-order valence-electron chi connectivity index (χ1n) is 10.4. The van der Waals surface area contributed by atoms with Gasteiger partial charge in [0.1, 0.15) is 5.82 Å². The van der Waals surface area contributed by atoms with Crippen LogP contribution < -0.4 is 4.90 Å². The Morgan fingerprint density at radius 2 is 1.82 bits per heavy atom. The number of piperazine rings is 1. The second-order valence-electron chi connectivity index (χ2n) is 9.00. The quantitative estimate of drug-likeness (QED) is 0.718. The van der Waals surface area contributed by atoms with Gasteiger partial charge in [-0.25, -0.2) is 13.4 Å². The molecule has 0 bridgehead atoms. The van der Waals surface area contributed by atoms with Crippen LogP contribution in [0.5, 0.6) is 0 Å². The number of aliphatic carboxylic acids is 1. The maximum Gasteiger partial charge on any atom is 0.417 e. The summed E-state index contributed by atoms with van der Waals surface area (Å²) in [6.45, 7) is 3.64. The number of rotatable bonds is 4. The molecule has 11 heteroatoms. The van der Waals surface area contributed by atoms with Crippen LogP contribution in [0.3, 0.4) is 0 Å². The monoisotopic (exact) mass is 483 g/mol. The van der Waals surface area contributed by atoms with Crippen molar-refractivity contribution in [2.75, 3.05) is 24.5 Å². The van der Waals surface area contributed by atoms with Crippen molar-refractivity contribution in [1.29, 1.82) is 0 Å². The lowest BCUT2D eigenvalue weighted by Gasteiger charge is -2.48. The van der Waals surface area contributed by atoms with E-state index in [2.05, 4.69) is 4.98 Å². The molecule has 1 aromatic carbocycles. The summed E-state index contributed by atoms with van der Waals surface area (Å²) in [5.74, 6) is -1.11. The topological polar surface area (TPSA) is 90.8 Å². The van der Waals surface area contributed by atoms with Gasteiger partial charge in [-0.3, -0.25) is 4.79 Å². The summed E-state index contributed by atoms with van der Waals surface area (Å²) in [7, 11) is -4.34. The normalized spacial score (nSPS) is 23.4. The van der Waals surface area contributed by atoms with E-state index in [1.165, 1.54) is 10.4 Å². The van der Waals surface area contributed by atoms with Gasteiger partial charge in [-0.15, -0.1) is 0 Å². The number of alkyl halides is 3. The highest BCUT2D eigenvalue weighted by Crippen LogP contribution is 2.47. The largest absolute Gasteiger partial charge is 0.480 e. The molecule has 7 nitrogen and oxygen atoms in total. The molecule has 4 rings (SSSR count). The number of halogens is 3. The molecule has 33 heavy (non-hydrogen) atoms. The van der Waals surface area contributed by atoms with Crippen molar-refractivity contribution < 1.29 is 31.5 Å². The van der Waals surface area contributed by atoms with Gasteiger partial charge >= 0.3 is 12.1 Å². The van der Waals surface area contributed by atoms with E-state index in [0.717, 1.165) is 12.3 Å². The van der Waals surface area contributed by atoms with Crippen molar-refractivity contribution >= 4 is 21.8 Å². The molecule has 1 aromatic heterocycles. The van der Waals surface area contributed by atoms with Crippen LogP contribution in [0.1, 0.15) is 37.0 Å². The number of hydrogen-bond acceptors (Lipinski definition) is 5. The summed E-state index contributed by atoms with van der Waals surface area (Å²) in [6, 6.07) is 8.89. The summed E-state index contributed by atoms with van der Waals surface area (Å²) in [5.41, 5.74) is -0.898. The zero-order valence-electron chi connectivity index (χ0n) is 18.1. The van der Waals surface area contributed by atoms with Gasteiger partial charge in [0.2, 0.25) is 14.8 Å². The van der Waals surface area contributed by atoms with Crippen molar-refractivity contribution in [2.45, 2.75) is 43.2 Å². The standard InChI is InChI=1S/C22H24F3N3O4S/c1-20(2)14-27(18-8-7-16(13-26-18)22(23,24)25)11-12-28(20)33(31,32)21(19(29)30)10-9-15-5-3-4-6-17(15)21/h3-8,13H,9-12,14H2,1-2H3,(H,29,30). The van der Waals surface area contributed by atoms with E-state index in [9.17, 15) is 31.5 Å². The molecule has 2 heterocycles. The van der Waals surface area contributed by atoms with Crippen LogP contribution in [-0.2, 0) is 32.2 Å². The summed E-state index contributed by atoms with van der Waals surface area (Å²) < 4.78 is 65.5. The molecule has 2 aliphatic rings. The second kappa shape index (κ2) is 7.69. The van der Waals surface area contributed by atoms with Crippen LogP contribution in [0.2, 0.25) is 0 Å². The lowest BCUT2D eigenvalue weighted by atomic mass is 10.0. The molecular formula is C22H24F3N3O4S. The van der Waals surface area contributed by atoms with E-state index in [-0.39, 0.29) is 26.1 Å². The number of aryl methyl sites for hydroxylation is 1. The van der Waals surface area contributed by atoms with Gasteiger partial charge < -0.3 is 10.0 Å². The molecule has 0 spiro atoms. The van der Waals surface area contributed by atoms with E-state index in [0.29, 0.717) is 23.4 Å². The van der Waals surface area contributed by atoms with Crippen molar-refractivity contribution in [3.05, 3.63) is 59.3 Å². The summed E-state index contributed by atoms with van der Waals surface area (Å²) >= 11 is 0. The average molecular weight is 484 g/mol. The first-order valence-corrected chi connectivity index (χ1v) is 11.9. The van der Waals surface area contributed by atoms with Crippen LogP contribution in [-0.4, -0.2) is 54.0 Å². The van der Waals surface area contributed by atoms with E-state index < -0.39 is 38.0 Å². The van der Waals surface area contributed by atoms with E-state index >= 15 is 0 Å². The number of nitrogens with zero attached hydrogens (tertiary/aromatic N) is 3. The number of hydrogen-bond donors (Lipinski definition) is 1. The molecule has 1 saturated heterocycles. The predicted octanol–water partition coefficient (Wildman–Crippen LogP) is 3.26. The minimum atomic E-state index is -4.50. The van der Waals surface area contributed by atoms with Crippen LogP contribution in [0.4, 0.5) is 19.0 Å². The summed E-state index contributed by atoms with van der Waals surface area (Å²) in [4.78, 5) is 18.1. The Hall–Kier alpha value is -2.66. The number of carboxylic acids is 1. The zero-order valence-corrected chi connectivity index (χ0v) is 18.9. The number of carbonyl (C=O) groups is 1. The third kappa shape index (κ3) is 3.67. The Kier molecular flexibility index (Phi) is 5.48. The molecule has 1 atom stereocenters. The maximum absolute atomic E-state index is 13.9. The average Bonchev–Trinajstić information content (AvgIpc) is 3.14. The number of carboxylic acid groups (broad SMARTS) is 1.